The molecule has 29 heavy (non-hydrogen) atoms. The Morgan fingerprint density at radius 2 is 1.79 bits per heavy atom. The Labute approximate surface area is 181 Å². The summed E-state index contributed by atoms with van der Waals surface area (Å²) in [6.07, 6.45) is 1.65. The number of hydrogen-bond acceptors (Lipinski definition) is 5. The number of nitrogens with one attached hydrogen (secondary N) is 1. The van der Waals surface area contributed by atoms with Gasteiger partial charge in [0.05, 0.1) is 28.6 Å². The van der Waals surface area contributed by atoms with E-state index in [-0.39, 0.29) is 12.5 Å². The first-order valence-corrected chi connectivity index (χ1v) is 10.2. The van der Waals surface area contributed by atoms with Crippen molar-refractivity contribution in [2.45, 2.75) is 20.8 Å². The minimum absolute atomic E-state index is 0.0337. The minimum Gasteiger partial charge on any atom is -0.490 e. The van der Waals surface area contributed by atoms with Crippen LogP contribution < -0.4 is 14.9 Å². The molecule has 0 aliphatic rings. The summed E-state index contributed by atoms with van der Waals surface area (Å²) < 4.78 is 11.3. The topological polar surface area (TPSA) is 63.2 Å². The Morgan fingerprint density at radius 1 is 1.03 bits per heavy atom. The second-order valence-corrected chi connectivity index (χ2v) is 6.81. The molecule has 0 atom stereocenters. The van der Waals surface area contributed by atoms with Crippen molar-refractivity contribution in [3.8, 4) is 11.5 Å². The third-order valence-corrected chi connectivity index (χ3v) is 4.80. The van der Waals surface area contributed by atoms with Gasteiger partial charge >= 0.3 is 0 Å². The monoisotopic (exact) mass is 437 g/mol. The van der Waals surface area contributed by atoms with Crippen LogP contribution in [0.1, 0.15) is 26.3 Å². The molecule has 156 valence electrons. The van der Waals surface area contributed by atoms with Crippen molar-refractivity contribution in [3.63, 3.8) is 0 Å². The van der Waals surface area contributed by atoms with Crippen LogP contribution in [0.2, 0.25) is 10.0 Å². The molecule has 0 saturated heterocycles. The van der Waals surface area contributed by atoms with E-state index in [0.717, 1.165) is 11.3 Å². The van der Waals surface area contributed by atoms with Crippen molar-refractivity contribution < 1.29 is 14.3 Å². The molecule has 6 nitrogen and oxygen atoms in total. The molecule has 0 saturated carbocycles. The Balaban J connectivity index is 2.05. The number of hydrogen-bond donors (Lipinski definition) is 1. The summed E-state index contributed by atoms with van der Waals surface area (Å²) in [6, 6.07) is 10.6. The zero-order valence-electron chi connectivity index (χ0n) is 16.7. The highest BCUT2D eigenvalue weighted by Crippen LogP contribution is 2.28. The summed E-state index contributed by atoms with van der Waals surface area (Å²) in [4.78, 5) is 13.9. The van der Waals surface area contributed by atoms with E-state index in [1.165, 1.54) is 0 Å². The summed E-state index contributed by atoms with van der Waals surface area (Å²) >= 11 is 11.9. The van der Waals surface area contributed by atoms with Gasteiger partial charge in [0.1, 0.15) is 0 Å². The molecule has 8 heteroatoms. The number of ether oxygens (including phenoxy) is 2. The molecule has 0 radical (unpaired) electrons. The normalized spacial score (nSPS) is 10.8. The number of hydrazone groups is 1. The largest absolute Gasteiger partial charge is 0.490 e. The number of halogens is 2. The molecule has 0 bridgehead atoms. The Bertz CT molecular complexity index is 855. The molecule has 0 aliphatic heterocycles. The molecule has 0 aliphatic carbocycles. The SMILES string of the molecule is CCOc1cc(C=NNc2ccc(Cl)c(Cl)c2)ccc1OCC(=O)N(CC)CC. The predicted octanol–water partition coefficient (Wildman–Crippen LogP) is 5.09. The fourth-order valence-corrected chi connectivity index (χ4v) is 2.84. The first-order valence-electron chi connectivity index (χ1n) is 9.40. The van der Waals surface area contributed by atoms with Crippen LogP contribution in [0.4, 0.5) is 5.69 Å². The lowest BCUT2D eigenvalue weighted by atomic mass is 10.2. The van der Waals surface area contributed by atoms with Crippen molar-refractivity contribution in [1.82, 2.24) is 4.90 Å². The van der Waals surface area contributed by atoms with E-state index in [2.05, 4.69) is 10.5 Å². The fraction of sp³-hybridized carbons (Fsp3) is 0.333. The second-order valence-electron chi connectivity index (χ2n) is 5.99. The maximum absolute atomic E-state index is 12.1. The first kappa shape index (κ1) is 22.8. The molecule has 0 heterocycles. The Morgan fingerprint density at radius 3 is 2.45 bits per heavy atom. The molecule has 1 amide bonds. The van der Waals surface area contributed by atoms with Crippen LogP contribution in [-0.4, -0.2) is 43.3 Å². The van der Waals surface area contributed by atoms with Gasteiger partial charge in [-0.25, -0.2) is 0 Å². The number of carbonyl (C=O) groups excluding carboxylic acids is 1. The fourth-order valence-electron chi connectivity index (χ4n) is 2.55. The third-order valence-electron chi connectivity index (χ3n) is 4.06. The summed E-state index contributed by atoms with van der Waals surface area (Å²) in [5.74, 6) is 1.01. The van der Waals surface area contributed by atoms with E-state index < -0.39 is 0 Å². The molecule has 0 aromatic heterocycles. The van der Waals surface area contributed by atoms with Crippen LogP contribution in [-0.2, 0) is 4.79 Å². The molecule has 1 N–H and O–H groups in total. The number of nitrogens with zero attached hydrogens (tertiary/aromatic N) is 2. The molecule has 2 rings (SSSR count). The van der Waals surface area contributed by atoms with Crippen LogP contribution >= 0.6 is 23.2 Å². The van der Waals surface area contributed by atoms with Crippen molar-refractivity contribution in [1.29, 1.82) is 0 Å². The van der Waals surface area contributed by atoms with Gasteiger partial charge in [0.15, 0.2) is 18.1 Å². The van der Waals surface area contributed by atoms with E-state index in [9.17, 15) is 4.79 Å². The summed E-state index contributed by atoms with van der Waals surface area (Å²) in [6.45, 7) is 7.50. The number of likely N-dealkylation sites (N-methyl/N-ethyl adjacent to an activating group) is 1. The second kappa shape index (κ2) is 11.5. The summed E-state index contributed by atoms with van der Waals surface area (Å²) in [5, 5.41) is 5.13. The maximum atomic E-state index is 12.1. The molecule has 2 aromatic carbocycles. The van der Waals surface area contributed by atoms with Gasteiger partial charge in [-0.2, -0.15) is 5.10 Å². The Kier molecular flexibility index (Phi) is 9.09. The van der Waals surface area contributed by atoms with Crippen LogP contribution in [0.15, 0.2) is 41.5 Å². The quantitative estimate of drug-likeness (QED) is 0.415. The lowest BCUT2D eigenvalue weighted by molar-refractivity contribution is -0.132. The van der Waals surface area contributed by atoms with Gasteiger partial charge in [0, 0.05) is 13.1 Å². The highest BCUT2D eigenvalue weighted by Gasteiger charge is 2.12. The van der Waals surface area contributed by atoms with Crippen molar-refractivity contribution in [2.75, 3.05) is 31.7 Å². The van der Waals surface area contributed by atoms with E-state index in [4.69, 9.17) is 32.7 Å². The maximum Gasteiger partial charge on any atom is 0.260 e. The predicted molar refractivity (Wildman–Crippen MR) is 119 cm³/mol. The standard InChI is InChI=1S/C21H25Cl2N3O3/c1-4-26(5-2)21(27)14-29-19-10-7-15(11-20(19)28-6-3)13-24-25-16-8-9-17(22)18(23)12-16/h7-13,25H,4-6,14H2,1-3H3. The van der Waals surface area contributed by atoms with Gasteiger partial charge in [-0.1, -0.05) is 23.2 Å². The number of rotatable bonds is 10. The zero-order chi connectivity index (χ0) is 21.2. The van der Waals surface area contributed by atoms with Crippen LogP contribution in [0, 0.1) is 0 Å². The van der Waals surface area contributed by atoms with Gasteiger partial charge < -0.3 is 14.4 Å². The zero-order valence-corrected chi connectivity index (χ0v) is 18.3. The third kappa shape index (κ3) is 6.84. The average molecular weight is 438 g/mol. The van der Waals surface area contributed by atoms with Crippen molar-refractivity contribution in [2.24, 2.45) is 5.10 Å². The Hall–Kier alpha value is -2.44. The number of benzene rings is 2. The van der Waals surface area contributed by atoms with Gasteiger partial charge in [-0.3, -0.25) is 10.2 Å². The molecule has 2 aromatic rings. The lowest BCUT2D eigenvalue weighted by Gasteiger charge is -2.19. The van der Waals surface area contributed by atoms with E-state index in [1.807, 2.05) is 26.8 Å². The van der Waals surface area contributed by atoms with Crippen molar-refractivity contribution >= 4 is 41.0 Å². The first-order chi connectivity index (χ1) is 14.0. The van der Waals surface area contributed by atoms with Gasteiger partial charge in [-0.05, 0) is 62.7 Å². The number of amides is 1. The van der Waals surface area contributed by atoms with E-state index in [0.29, 0.717) is 41.2 Å². The lowest BCUT2D eigenvalue weighted by Crippen LogP contribution is -2.34. The van der Waals surface area contributed by atoms with Gasteiger partial charge in [-0.15, -0.1) is 0 Å². The highest BCUT2D eigenvalue weighted by atomic mass is 35.5. The summed E-state index contributed by atoms with van der Waals surface area (Å²) in [5.41, 5.74) is 4.42. The van der Waals surface area contributed by atoms with E-state index >= 15 is 0 Å². The van der Waals surface area contributed by atoms with Crippen LogP contribution in [0.3, 0.4) is 0 Å². The van der Waals surface area contributed by atoms with Crippen molar-refractivity contribution in [3.05, 3.63) is 52.0 Å². The van der Waals surface area contributed by atoms with Crippen LogP contribution in [0.25, 0.3) is 0 Å². The molecule has 0 fully saturated rings. The van der Waals surface area contributed by atoms with Crippen LogP contribution in [0.5, 0.6) is 11.5 Å². The molecule has 0 spiro atoms. The molecular formula is C21H25Cl2N3O3. The minimum atomic E-state index is -0.0612. The van der Waals surface area contributed by atoms with Gasteiger partial charge in [0.2, 0.25) is 0 Å². The number of carbonyl (C=O) groups is 1. The highest BCUT2D eigenvalue weighted by molar-refractivity contribution is 6.42. The molecule has 0 unspecified atom stereocenters. The van der Waals surface area contributed by atoms with E-state index in [1.54, 1.807) is 41.4 Å². The summed E-state index contributed by atoms with van der Waals surface area (Å²) in [7, 11) is 0. The molecular weight excluding hydrogens is 413 g/mol. The number of anilines is 1. The smallest absolute Gasteiger partial charge is 0.260 e. The van der Waals surface area contributed by atoms with Gasteiger partial charge in [0.25, 0.3) is 5.91 Å². The average Bonchev–Trinajstić information content (AvgIpc) is 2.71.